The number of nitrogens with one attached hydrogen (secondary N) is 2. The van der Waals surface area contributed by atoms with Crippen LogP contribution in [0, 0.1) is 5.92 Å². The average Bonchev–Trinajstić information content (AvgIpc) is 3.17. The number of aromatic nitrogens is 2. The molecule has 0 bridgehead atoms. The third kappa shape index (κ3) is 6.87. The highest BCUT2D eigenvalue weighted by Gasteiger charge is 2.25. The molecule has 1 aliphatic rings. The first-order chi connectivity index (χ1) is 14.1. The Morgan fingerprint density at radius 2 is 2.07 bits per heavy atom. The SMILES string of the molecule is CCNC(=NCC(Nc1ccccc1)C(C)C)N1CCOC(c2cnn(C)c2)C1.I. The lowest BCUT2D eigenvalue weighted by atomic mass is 10.0. The Hall–Kier alpha value is -1.81. The Morgan fingerprint density at radius 3 is 2.70 bits per heavy atom. The second kappa shape index (κ2) is 12.1. The van der Waals surface area contributed by atoms with Gasteiger partial charge in [0.25, 0.3) is 0 Å². The predicted molar refractivity (Wildman–Crippen MR) is 134 cm³/mol. The third-order valence-corrected chi connectivity index (χ3v) is 5.17. The van der Waals surface area contributed by atoms with E-state index in [0.29, 0.717) is 19.1 Å². The van der Waals surface area contributed by atoms with Gasteiger partial charge in [-0.25, -0.2) is 0 Å². The first-order valence-electron chi connectivity index (χ1n) is 10.5. The van der Waals surface area contributed by atoms with Crippen LogP contribution in [-0.2, 0) is 11.8 Å². The van der Waals surface area contributed by atoms with Gasteiger partial charge in [0.2, 0.25) is 0 Å². The summed E-state index contributed by atoms with van der Waals surface area (Å²) in [6.07, 6.45) is 3.93. The van der Waals surface area contributed by atoms with E-state index in [-0.39, 0.29) is 36.1 Å². The van der Waals surface area contributed by atoms with E-state index in [1.165, 1.54) is 0 Å². The number of aliphatic imine (C=N–C) groups is 1. The van der Waals surface area contributed by atoms with Gasteiger partial charge >= 0.3 is 0 Å². The molecule has 2 aromatic rings. The van der Waals surface area contributed by atoms with Crippen LogP contribution in [0.1, 0.15) is 32.4 Å². The van der Waals surface area contributed by atoms with Gasteiger partial charge in [-0.3, -0.25) is 9.67 Å². The number of hydrogen-bond acceptors (Lipinski definition) is 4. The van der Waals surface area contributed by atoms with Crippen LogP contribution in [0.15, 0.2) is 47.7 Å². The van der Waals surface area contributed by atoms with Crippen molar-refractivity contribution in [2.45, 2.75) is 32.9 Å². The summed E-state index contributed by atoms with van der Waals surface area (Å²) in [6, 6.07) is 10.6. The summed E-state index contributed by atoms with van der Waals surface area (Å²) in [7, 11) is 1.93. The van der Waals surface area contributed by atoms with Crippen LogP contribution in [0.3, 0.4) is 0 Å². The minimum absolute atomic E-state index is 0. The predicted octanol–water partition coefficient (Wildman–Crippen LogP) is 3.51. The van der Waals surface area contributed by atoms with Crippen molar-refractivity contribution in [3.05, 3.63) is 48.3 Å². The van der Waals surface area contributed by atoms with Gasteiger partial charge in [0, 0.05) is 43.6 Å². The third-order valence-electron chi connectivity index (χ3n) is 5.17. The number of rotatable bonds is 7. The minimum Gasteiger partial charge on any atom is -0.380 e. The van der Waals surface area contributed by atoms with E-state index in [2.05, 4.69) is 65.7 Å². The number of benzene rings is 1. The largest absolute Gasteiger partial charge is 0.380 e. The van der Waals surface area contributed by atoms with E-state index in [0.717, 1.165) is 36.8 Å². The van der Waals surface area contributed by atoms with E-state index in [9.17, 15) is 0 Å². The minimum atomic E-state index is 0. The van der Waals surface area contributed by atoms with Crippen LogP contribution in [0.2, 0.25) is 0 Å². The van der Waals surface area contributed by atoms with E-state index in [1.54, 1.807) is 0 Å². The van der Waals surface area contributed by atoms with Crippen molar-refractivity contribution in [1.29, 1.82) is 0 Å². The van der Waals surface area contributed by atoms with Gasteiger partial charge in [0.1, 0.15) is 6.10 Å². The number of morpholine rings is 1. The summed E-state index contributed by atoms with van der Waals surface area (Å²) in [5.74, 6) is 1.42. The summed E-state index contributed by atoms with van der Waals surface area (Å²) < 4.78 is 7.81. The fourth-order valence-corrected chi connectivity index (χ4v) is 3.43. The van der Waals surface area contributed by atoms with Gasteiger partial charge < -0.3 is 20.3 Å². The van der Waals surface area contributed by atoms with Crippen molar-refractivity contribution in [2.24, 2.45) is 18.0 Å². The molecular weight excluding hydrogens is 491 g/mol. The molecule has 0 saturated carbocycles. The second-order valence-corrected chi connectivity index (χ2v) is 7.81. The molecule has 2 unspecified atom stereocenters. The molecule has 0 radical (unpaired) electrons. The molecule has 1 aliphatic heterocycles. The van der Waals surface area contributed by atoms with Crippen molar-refractivity contribution < 1.29 is 4.74 Å². The van der Waals surface area contributed by atoms with Crippen LogP contribution < -0.4 is 10.6 Å². The number of nitrogens with zero attached hydrogens (tertiary/aromatic N) is 4. The summed E-state index contributed by atoms with van der Waals surface area (Å²) >= 11 is 0. The monoisotopic (exact) mass is 526 g/mol. The highest BCUT2D eigenvalue weighted by molar-refractivity contribution is 14.0. The van der Waals surface area contributed by atoms with Crippen LogP contribution in [0.25, 0.3) is 0 Å². The van der Waals surface area contributed by atoms with Crippen molar-refractivity contribution in [2.75, 3.05) is 38.1 Å². The summed E-state index contributed by atoms with van der Waals surface area (Å²) in [5, 5.41) is 11.4. The zero-order chi connectivity index (χ0) is 20.6. The van der Waals surface area contributed by atoms with Gasteiger partial charge in [-0.15, -0.1) is 24.0 Å². The Morgan fingerprint density at radius 1 is 1.30 bits per heavy atom. The number of halogens is 1. The molecule has 7 nitrogen and oxygen atoms in total. The normalized spacial score (nSPS) is 18.1. The van der Waals surface area contributed by atoms with Crippen LogP contribution in [0.4, 0.5) is 5.69 Å². The molecule has 8 heteroatoms. The molecule has 30 heavy (non-hydrogen) atoms. The number of ether oxygens (including phenoxy) is 1. The number of anilines is 1. The lowest BCUT2D eigenvalue weighted by molar-refractivity contribution is -0.00805. The van der Waals surface area contributed by atoms with Crippen molar-refractivity contribution in [3.8, 4) is 0 Å². The molecule has 166 valence electrons. The quantitative estimate of drug-likeness (QED) is 0.329. The smallest absolute Gasteiger partial charge is 0.194 e. The Labute approximate surface area is 197 Å². The Bertz CT molecular complexity index is 779. The standard InChI is InChI=1S/C22H34N6O.HI/c1-5-23-22(24-14-20(17(2)3)26-19-9-7-6-8-10-19)28-11-12-29-21(16-28)18-13-25-27(4)15-18;/h6-10,13,15,17,20-21,26H,5,11-12,14,16H2,1-4H3,(H,23,24);1H. The molecule has 0 aliphatic carbocycles. The number of guanidine groups is 1. The highest BCUT2D eigenvalue weighted by atomic mass is 127. The molecule has 2 heterocycles. The zero-order valence-electron chi connectivity index (χ0n) is 18.4. The Kier molecular flexibility index (Phi) is 9.90. The molecule has 1 aromatic carbocycles. The average molecular weight is 526 g/mol. The maximum absolute atomic E-state index is 5.99. The summed E-state index contributed by atoms with van der Waals surface area (Å²) in [5.41, 5.74) is 2.24. The molecule has 2 N–H and O–H groups in total. The van der Waals surface area contributed by atoms with E-state index in [1.807, 2.05) is 30.2 Å². The fourth-order valence-electron chi connectivity index (χ4n) is 3.43. The maximum Gasteiger partial charge on any atom is 0.194 e. The Balaban J connectivity index is 0.00000320. The van der Waals surface area contributed by atoms with Gasteiger partial charge in [-0.05, 0) is 25.0 Å². The first-order valence-corrected chi connectivity index (χ1v) is 10.5. The summed E-state index contributed by atoms with van der Waals surface area (Å²) in [4.78, 5) is 7.28. The van der Waals surface area contributed by atoms with Gasteiger partial charge in [0.05, 0.1) is 25.9 Å². The van der Waals surface area contributed by atoms with Crippen molar-refractivity contribution >= 4 is 35.6 Å². The molecular formula is C22H35IN6O. The van der Waals surface area contributed by atoms with Crippen molar-refractivity contribution in [1.82, 2.24) is 20.0 Å². The molecule has 2 atom stereocenters. The molecule has 3 rings (SSSR count). The van der Waals surface area contributed by atoms with Gasteiger partial charge in [-0.2, -0.15) is 5.10 Å². The summed E-state index contributed by atoms with van der Waals surface area (Å²) in [6.45, 7) is 10.4. The van der Waals surface area contributed by atoms with E-state index >= 15 is 0 Å². The first kappa shape index (κ1) is 24.5. The molecule has 0 amide bonds. The number of para-hydroxylation sites is 1. The fraction of sp³-hybridized carbons (Fsp3) is 0.545. The van der Waals surface area contributed by atoms with Crippen molar-refractivity contribution in [3.63, 3.8) is 0 Å². The molecule has 1 fully saturated rings. The van der Waals surface area contributed by atoms with Crippen LogP contribution >= 0.6 is 24.0 Å². The lowest BCUT2D eigenvalue weighted by Gasteiger charge is -2.35. The number of aryl methyl sites for hydroxylation is 1. The highest BCUT2D eigenvalue weighted by Crippen LogP contribution is 2.22. The van der Waals surface area contributed by atoms with E-state index in [4.69, 9.17) is 9.73 Å². The maximum atomic E-state index is 5.99. The molecule has 1 saturated heterocycles. The lowest BCUT2D eigenvalue weighted by Crippen LogP contribution is -2.48. The van der Waals surface area contributed by atoms with Crippen LogP contribution in [-0.4, -0.2) is 59.5 Å². The van der Waals surface area contributed by atoms with Gasteiger partial charge in [0.15, 0.2) is 5.96 Å². The van der Waals surface area contributed by atoms with E-state index < -0.39 is 0 Å². The molecule has 1 aromatic heterocycles. The second-order valence-electron chi connectivity index (χ2n) is 7.81. The molecule has 0 spiro atoms. The number of hydrogen-bond donors (Lipinski definition) is 2. The zero-order valence-corrected chi connectivity index (χ0v) is 20.7. The topological polar surface area (TPSA) is 66.7 Å². The van der Waals surface area contributed by atoms with Crippen LogP contribution in [0.5, 0.6) is 0 Å². The van der Waals surface area contributed by atoms with Gasteiger partial charge in [-0.1, -0.05) is 32.0 Å².